The van der Waals surface area contributed by atoms with Gasteiger partial charge in [-0.05, 0) is 163 Å². The molecule has 15 nitrogen and oxygen atoms in total. The molecule has 0 aliphatic rings. The molecule has 0 aliphatic heterocycles. The van der Waals surface area contributed by atoms with Crippen molar-refractivity contribution in [1.82, 2.24) is 24.9 Å². The number of rotatable bonds is 17. The largest absolute Gasteiger partial charge is 0.393 e. The molecule has 0 bridgehead atoms. The van der Waals surface area contributed by atoms with Crippen LogP contribution in [-0.4, -0.2) is 125 Å². The monoisotopic (exact) mass is 2580 g/mol. The van der Waals surface area contributed by atoms with Crippen molar-refractivity contribution in [2.24, 2.45) is 0 Å². The summed E-state index contributed by atoms with van der Waals surface area (Å²) in [7, 11) is 0. The van der Waals surface area contributed by atoms with E-state index >= 15 is 0 Å². The molecule has 15 aromatic rings. The van der Waals surface area contributed by atoms with Crippen molar-refractivity contribution < 1.29 is 160 Å². The summed E-state index contributed by atoms with van der Waals surface area (Å²) in [5.41, 5.74) is 7.31. The minimum atomic E-state index is -0.649. The maximum atomic E-state index is 13.2. The van der Waals surface area contributed by atoms with Crippen LogP contribution < -0.4 is 0 Å². The van der Waals surface area contributed by atoms with Gasteiger partial charge in [0, 0.05) is 167 Å². The van der Waals surface area contributed by atoms with Crippen LogP contribution in [0.25, 0.3) is 84.5 Å². The number of benzene rings is 7. The number of aliphatic hydroxyl groups excluding tert-OH is 10. The van der Waals surface area contributed by atoms with Crippen molar-refractivity contribution in [2.75, 3.05) is 0 Å². The summed E-state index contributed by atoms with van der Waals surface area (Å²) in [5.74, 6) is -1.29. The Morgan fingerprint density at radius 3 is 0.826 bits per heavy atom. The number of nitrogens with zero attached hydrogens (tertiary/aromatic N) is 5. The number of pyridine rings is 5. The fourth-order valence-electron chi connectivity index (χ4n) is 10.6. The van der Waals surface area contributed by atoms with E-state index in [0.29, 0.717) is 37.8 Å². The molecule has 25 heteroatoms. The van der Waals surface area contributed by atoms with Crippen LogP contribution in [-0.2, 0) is 101 Å². The van der Waals surface area contributed by atoms with Crippen molar-refractivity contribution in [1.29, 1.82) is 0 Å². The molecule has 0 amide bonds. The van der Waals surface area contributed by atoms with Gasteiger partial charge in [-0.15, -0.1) is 119 Å². The van der Waals surface area contributed by atoms with Crippen molar-refractivity contribution in [3.8, 4) is 54.2 Å². The Morgan fingerprint density at radius 2 is 0.570 bits per heavy atom. The second kappa shape index (κ2) is 63.7. The van der Waals surface area contributed by atoms with Crippen LogP contribution in [0, 0.1) is 42.0 Å². The van der Waals surface area contributed by atoms with Crippen LogP contribution in [0.4, 0.5) is 8.78 Å². The van der Waals surface area contributed by atoms with Crippen molar-refractivity contribution in [3.63, 3.8) is 0 Å². The van der Waals surface area contributed by atoms with Gasteiger partial charge in [0.2, 0.25) is 0 Å². The van der Waals surface area contributed by atoms with Crippen molar-refractivity contribution in [3.05, 3.63) is 345 Å². The van der Waals surface area contributed by atoms with E-state index in [0.717, 1.165) is 66.2 Å². The van der Waals surface area contributed by atoms with Crippen LogP contribution in [0.1, 0.15) is 111 Å². The zero-order valence-corrected chi connectivity index (χ0v) is 82.3. The second-order valence-electron chi connectivity index (χ2n) is 26.9. The number of hydrogen-bond donors (Lipinski definition) is 10. The van der Waals surface area contributed by atoms with Gasteiger partial charge >= 0.3 is 0 Å². The summed E-state index contributed by atoms with van der Waals surface area (Å²) in [6, 6.07) is 97.9. The maximum absolute atomic E-state index is 13.2. The summed E-state index contributed by atoms with van der Waals surface area (Å²) in [6.07, 6.45) is 6.71. The van der Waals surface area contributed by atoms with Crippen LogP contribution >= 0.6 is 34.0 Å². The van der Waals surface area contributed by atoms with E-state index in [4.69, 9.17) is 40.9 Å². The van der Waals surface area contributed by atoms with E-state index in [1.165, 1.54) is 30.3 Å². The molecule has 7 aromatic carbocycles. The fourth-order valence-corrected chi connectivity index (χ4v) is 13.6. The normalized spacial score (nSPS) is 12.5. The second-order valence-corrected chi connectivity index (χ2v) is 30.0. The minimum Gasteiger partial charge on any atom is -0.393 e. The third-order valence-corrected chi connectivity index (χ3v) is 19.0. The molecule has 0 saturated carbocycles. The molecule has 10 unspecified atom stereocenters. The summed E-state index contributed by atoms with van der Waals surface area (Å²) >= 11 is 5.20. The SMILES string of the molecule is CC(O)CC(C)O.CC(O)CC(C)O.CC(O)CC(C)O.CC(O)CC(C)O.Fc1c[c-]c(-c2ccccn2)c(F)c1.OC(CC(O)c1ccccc1)c1ccccc1.[Ir].[Ir].[Ir].[Ir].[Ir].[c-]1c(-c2ccccn2)sc2ccccc12.[c-]1c(-c2ccccn2)sc2ccccc12.[c-]1c(-c2ccccn2)sc2ccccc12.[c-]1ccccc1-c1ccccn1. The predicted molar refractivity (Wildman–Crippen MR) is 468 cm³/mol. The van der Waals surface area contributed by atoms with Gasteiger partial charge in [0.1, 0.15) is 0 Å². The molecule has 0 spiro atoms. The fraction of sp³-hybridized carbons (Fsp3) is 0.240. The molecule has 121 heavy (non-hydrogen) atoms. The number of thiophene rings is 3. The van der Waals surface area contributed by atoms with Gasteiger partial charge in [-0.2, -0.15) is 0 Å². The summed E-state index contributed by atoms with van der Waals surface area (Å²) in [5, 5.41) is 92.0. The molecule has 10 N–H and O–H groups in total. The predicted octanol–water partition coefficient (Wildman–Crippen LogP) is 20.0. The van der Waals surface area contributed by atoms with Gasteiger partial charge in [0.15, 0.2) is 0 Å². The van der Waals surface area contributed by atoms with E-state index < -0.39 is 23.8 Å². The molecule has 653 valence electrons. The molecule has 15 rings (SSSR count). The van der Waals surface area contributed by atoms with Gasteiger partial charge < -0.3 is 76.0 Å². The smallest absolute Gasteiger partial charge is 0.0818 e. The molecular formula is C96H102F2Ir5N5O10S3-5. The Hall–Kier alpha value is -7.12. The van der Waals surface area contributed by atoms with E-state index in [1.807, 2.05) is 195 Å². The number of hydrogen-bond acceptors (Lipinski definition) is 18. The Kier molecular flexibility index (Phi) is 58.9. The van der Waals surface area contributed by atoms with Gasteiger partial charge in [0.05, 0.1) is 61.0 Å². The molecule has 8 heterocycles. The Balaban J connectivity index is 0.000000680. The Bertz CT molecular complexity index is 4550. The quantitative estimate of drug-likeness (QED) is 0.0380. The van der Waals surface area contributed by atoms with Crippen molar-refractivity contribution >= 4 is 64.3 Å². The van der Waals surface area contributed by atoms with Crippen LogP contribution in [0.15, 0.2) is 292 Å². The summed E-state index contributed by atoms with van der Waals surface area (Å²) < 4.78 is 29.6. The Morgan fingerprint density at radius 1 is 0.298 bits per heavy atom. The van der Waals surface area contributed by atoms with Crippen LogP contribution in [0.2, 0.25) is 0 Å². The number of aromatic nitrogens is 5. The molecule has 5 radical (unpaired) electrons. The first-order valence-electron chi connectivity index (χ1n) is 37.9. The average Bonchev–Trinajstić information content (AvgIpc) is 1.68. The topological polar surface area (TPSA) is 267 Å². The molecule has 10 atom stereocenters. The third-order valence-electron chi connectivity index (χ3n) is 15.7. The number of fused-ring (bicyclic) bond motifs is 3. The first-order chi connectivity index (χ1) is 55.8. The molecule has 0 saturated heterocycles. The average molecular weight is 2580 g/mol. The van der Waals surface area contributed by atoms with Crippen LogP contribution in [0.5, 0.6) is 0 Å². The summed E-state index contributed by atoms with van der Waals surface area (Å²) in [6.45, 7) is 13.3. The minimum absolute atomic E-state index is 0. The first-order valence-corrected chi connectivity index (χ1v) is 40.3. The van der Waals surface area contributed by atoms with Gasteiger partial charge in [-0.25, -0.2) is 34.0 Å². The number of halogens is 2. The van der Waals surface area contributed by atoms with Gasteiger partial charge in [0.25, 0.3) is 0 Å². The molecular weight excluding hydrogens is 2480 g/mol. The van der Waals surface area contributed by atoms with E-state index in [1.54, 1.807) is 120 Å². The molecule has 8 aromatic heterocycles. The standard InChI is InChI=1S/C15H16O2.3C13H8NS.C11H6F2N.C11H8N.4C5H12O2.5Ir/c16-14(12-7-3-1-4-8-12)11-15(17)13-9-5-2-6-10-13;3*1-2-7-12-10(5-1)9-13(15-12)11-6-3-4-8-14-11;12-8-4-5-9(10(13)7-8)11-3-1-2-6-14-11;1-2-6-10(7-3-1)11-8-4-5-9-12-11;4*1-4(6)3-5(2)7;;;;;/h1-10,14-17H,11H2;3*1-8H;1-4,6-7H;1-6,8-9H;4*4-7H,3H2,1-2H3;;;;;/q;5*-1;;;;;;;;;. The van der Waals surface area contributed by atoms with Gasteiger partial charge in [-0.1, -0.05) is 169 Å². The zero-order valence-electron chi connectivity index (χ0n) is 67.9. The molecule has 0 aliphatic carbocycles. The third kappa shape index (κ3) is 45.4. The van der Waals surface area contributed by atoms with E-state index in [2.05, 4.69) is 110 Å². The van der Waals surface area contributed by atoms with E-state index in [9.17, 15) is 19.0 Å². The van der Waals surface area contributed by atoms with E-state index in [-0.39, 0.29) is 155 Å². The Labute approximate surface area is 789 Å². The zero-order chi connectivity index (χ0) is 84.0. The molecule has 0 fully saturated rings. The van der Waals surface area contributed by atoms with Gasteiger partial charge in [-0.3, -0.25) is 8.78 Å². The number of aliphatic hydroxyl groups is 10. The summed E-state index contributed by atoms with van der Waals surface area (Å²) in [4.78, 5) is 24.5. The maximum Gasteiger partial charge on any atom is 0.0818 e. The van der Waals surface area contributed by atoms with Crippen LogP contribution in [0.3, 0.4) is 0 Å². The van der Waals surface area contributed by atoms with Crippen molar-refractivity contribution in [2.45, 2.75) is 149 Å². The first kappa shape index (κ1) is 112.